The van der Waals surface area contributed by atoms with Gasteiger partial charge in [-0.3, -0.25) is 0 Å². The summed E-state index contributed by atoms with van der Waals surface area (Å²) in [4.78, 5) is 0. The quantitative estimate of drug-likeness (QED) is 0.785. The Hall–Kier alpha value is -1.23. The average molecular weight is 260 g/mol. The third kappa shape index (κ3) is 1.68. The summed E-state index contributed by atoms with van der Waals surface area (Å²) < 4.78 is 30.9. The largest absolute Gasteiger partial charge is 0.349 e. The first-order valence-corrected chi connectivity index (χ1v) is 4.54. The second-order valence-corrected chi connectivity index (χ2v) is 3.42. The SMILES string of the molecule is Fc1ccc(-c2cc(Br)on2)c(F)c1. The molecule has 0 spiro atoms. The van der Waals surface area contributed by atoms with Gasteiger partial charge in [-0.05, 0) is 28.1 Å². The summed E-state index contributed by atoms with van der Waals surface area (Å²) in [5, 5.41) is 3.59. The van der Waals surface area contributed by atoms with Crippen LogP contribution in [0.4, 0.5) is 8.78 Å². The van der Waals surface area contributed by atoms with Crippen molar-refractivity contribution in [3.8, 4) is 11.3 Å². The molecule has 5 heteroatoms. The maximum Gasteiger partial charge on any atom is 0.202 e. The Kier molecular flexibility index (Phi) is 2.33. The van der Waals surface area contributed by atoms with Gasteiger partial charge in [0.1, 0.15) is 17.3 Å². The van der Waals surface area contributed by atoms with Gasteiger partial charge in [0, 0.05) is 17.7 Å². The number of aromatic nitrogens is 1. The monoisotopic (exact) mass is 259 g/mol. The minimum Gasteiger partial charge on any atom is -0.349 e. The summed E-state index contributed by atoms with van der Waals surface area (Å²) in [5.74, 6) is -1.28. The Morgan fingerprint density at radius 3 is 2.57 bits per heavy atom. The summed E-state index contributed by atoms with van der Waals surface area (Å²) >= 11 is 3.04. The van der Waals surface area contributed by atoms with Crippen molar-refractivity contribution in [2.75, 3.05) is 0 Å². The molecule has 1 aromatic heterocycles. The van der Waals surface area contributed by atoms with Crippen molar-refractivity contribution in [3.63, 3.8) is 0 Å². The highest BCUT2D eigenvalue weighted by molar-refractivity contribution is 9.10. The van der Waals surface area contributed by atoms with Crippen LogP contribution < -0.4 is 0 Å². The van der Waals surface area contributed by atoms with Crippen molar-refractivity contribution in [1.29, 1.82) is 0 Å². The third-order valence-corrected chi connectivity index (χ3v) is 2.06. The van der Waals surface area contributed by atoms with Crippen LogP contribution in [-0.4, -0.2) is 5.16 Å². The standard InChI is InChI=1S/C9H4BrF2NO/c10-9-4-8(13-14-9)6-2-1-5(11)3-7(6)12/h1-4H. The van der Waals surface area contributed by atoms with E-state index in [9.17, 15) is 8.78 Å². The molecule has 2 rings (SSSR count). The van der Waals surface area contributed by atoms with Crippen LogP contribution in [0.3, 0.4) is 0 Å². The zero-order valence-electron chi connectivity index (χ0n) is 6.80. The van der Waals surface area contributed by atoms with Gasteiger partial charge in [0.2, 0.25) is 4.67 Å². The lowest BCUT2D eigenvalue weighted by Gasteiger charge is -1.97. The van der Waals surface area contributed by atoms with Crippen LogP contribution in [-0.2, 0) is 0 Å². The highest BCUT2D eigenvalue weighted by Gasteiger charge is 2.10. The van der Waals surface area contributed by atoms with Crippen molar-refractivity contribution in [3.05, 3.63) is 40.6 Å². The van der Waals surface area contributed by atoms with E-state index in [-0.39, 0.29) is 5.56 Å². The van der Waals surface area contributed by atoms with E-state index in [1.807, 2.05) is 0 Å². The van der Waals surface area contributed by atoms with Crippen LogP contribution in [0.15, 0.2) is 33.5 Å². The van der Waals surface area contributed by atoms with E-state index in [0.717, 1.165) is 6.07 Å². The summed E-state index contributed by atoms with van der Waals surface area (Å²) in [5.41, 5.74) is 0.537. The average Bonchev–Trinajstić information content (AvgIpc) is 2.51. The van der Waals surface area contributed by atoms with E-state index in [4.69, 9.17) is 4.52 Å². The molecule has 1 heterocycles. The van der Waals surface area contributed by atoms with Crippen molar-refractivity contribution >= 4 is 15.9 Å². The van der Waals surface area contributed by atoms with E-state index >= 15 is 0 Å². The smallest absolute Gasteiger partial charge is 0.202 e. The van der Waals surface area contributed by atoms with E-state index in [1.165, 1.54) is 18.2 Å². The number of nitrogens with zero attached hydrogens (tertiary/aromatic N) is 1. The molecule has 72 valence electrons. The summed E-state index contributed by atoms with van der Waals surface area (Å²) in [6, 6.07) is 4.80. The van der Waals surface area contributed by atoms with Gasteiger partial charge in [-0.1, -0.05) is 5.16 Å². The second kappa shape index (κ2) is 3.49. The van der Waals surface area contributed by atoms with Crippen molar-refractivity contribution < 1.29 is 13.3 Å². The molecule has 0 bridgehead atoms. The third-order valence-electron chi connectivity index (χ3n) is 1.69. The second-order valence-electron chi connectivity index (χ2n) is 2.64. The molecule has 0 aliphatic carbocycles. The van der Waals surface area contributed by atoms with Crippen molar-refractivity contribution in [1.82, 2.24) is 5.16 Å². The van der Waals surface area contributed by atoms with Gasteiger partial charge >= 0.3 is 0 Å². The molecule has 1 aromatic carbocycles. The normalized spacial score (nSPS) is 10.5. The van der Waals surface area contributed by atoms with Crippen LogP contribution in [0.5, 0.6) is 0 Å². The number of hydrogen-bond donors (Lipinski definition) is 0. The van der Waals surface area contributed by atoms with Gasteiger partial charge < -0.3 is 4.52 Å². The maximum absolute atomic E-state index is 13.2. The number of hydrogen-bond acceptors (Lipinski definition) is 2. The molecule has 14 heavy (non-hydrogen) atoms. The molecule has 0 unspecified atom stereocenters. The van der Waals surface area contributed by atoms with Crippen LogP contribution >= 0.6 is 15.9 Å². The highest BCUT2D eigenvalue weighted by Crippen LogP contribution is 2.24. The van der Waals surface area contributed by atoms with E-state index in [1.54, 1.807) is 0 Å². The molecular formula is C9H4BrF2NO. The lowest BCUT2D eigenvalue weighted by Crippen LogP contribution is -1.85. The van der Waals surface area contributed by atoms with Gasteiger partial charge in [-0.15, -0.1) is 0 Å². The molecule has 2 aromatic rings. The van der Waals surface area contributed by atoms with Gasteiger partial charge in [0.15, 0.2) is 0 Å². The Balaban J connectivity index is 2.52. The topological polar surface area (TPSA) is 26.0 Å². The summed E-state index contributed by atoms with van der Waals surface area (Å²) in [6.45, 7) is 0. The number of rotatable bonds is 1. The number of benzene rings is 1. The van der Waals surface area contributed by atoms with Crippen LogP contribution in [0.25, 0.3) is 11.3 Å². The van der Waals surface area contributed by atoms with Gasteiger partial charge in [-0.25, -0.2) is 8.78 Å². The van der Waals surface area contributed by atoms with Crippen LogP contribution in [0.1, 0.15) is 0 Å². The van der Waals surface area contributed by atoms with E-state index in [2.05, 4.69) is 21.1 Å². The minimum atomic E-state index is -0.661. The molecule has 0 amide bonds. The molecule has 0 fully saturated rings. The molecular weight excluding hydrogens is 256 g/mol. The molecule has 0 saturated heterocycles. The summed E-state index contributed by atoms with van der Waals surface area (Å²) in [6.07, 6.45) is 0. The van der Waals surface area contributed by atoms with Crippen LogP contribution in [0, 0.1) is 11.6 Å². The molecule has 0 saturated carbocycles. The Labute approximate surface area is 86.7 Å². The Morgan fingerprint density at radius 2 is 2.00 bits per heavy atom. The van der Waals surface area contributed by atoms with E-state index < -0.39 is 11.6 Å². The molecule has 0 atom stereocenters. The van der Waals surface area contributed by atoms with Gasteiger partial charge in [-0.2, -0.15) is 0 Å². The highest BCUT2D eigenvalue weighted by atomic mass is 79.9. The Morgan fingerprint density at radius 1 is 1.21 bits per heavy atom. The lowest BCUT2D eigenvalue weighted by atomic mass is 10.1. The van der Waals surface area contributed by atoms with Gasteiger partial charge in [0.25, 0.3) is 0 Å². The zero-order chi connectivity index (χ0) is 10.1. The fraction of sp³-hybridized carbons (Fsp3) is 0. The maximum atomic E-state index is 13.2. The van der Waals surface area contributed by atoms with Crippen LogP contribution in [0.2, 0.25) is 0 Å². The van der Waals surface area contributed by atoms with Crippen molar-refractivity contribution in [2.24, 2.45) is 0 Å². The molecule has 0 N–H and O–H groups in total. The minimum absolute atomic E-state index is 0.209. The fourth-order valence-electron chi connectivity index (χ4n) is 1.08. The molecule has 0 aliphatic rings. The molecule has 2 nitrogen and oxygen atoms in total. The van der Waals surface area contributed by atoms with Gasteiger partial charge in [0.05, 0.1) is 0 Å². The first-order chi connectivity index (χ1) is 6.66. The predicted molar refractivity (Wildman–Crippen MR) is 49.6 cm³/mol. The molecule has 0 radical (unpaired) electrons. The zero-order valence-corrected chi connectivity index (χ0v) is 8.38. The summed E-state index contributed by atoms with van der Waals surface area (Å²) in [7, 11) is 0. The lowest BCUT2D eigenvalue weighted by molar-refractivity contribution is 0.402. The fourth-order valence-corrected chi connectivity index (χ4v) is 1.37. The first kappa shape index (κ1) is 9.33. The van der Waals surface area contributed by atoms with E-state index in [0.29, 0.717) is 10.4 Å². The number of halogens is 3. The Bertz CT molecular complexity index is 470. The molecule has 0 aliphatic heterocycles. The van der Waals surface area contributed by atoms with Crippen molar-refractivity contribution in [2.45, 2.75) is 0 Å². The first-order valence-electron chi connectivity index (χ1n) is 3.74. The predicted octanol–water partition coefficient (Wildman–Crippen LogP) is 3.38.